The Kier molecular flexibility index (Phi) is 5.31. The van der Waals surface area contributed by atoms with E-state index in [1.807, 2.05) is 0 Å². The van der Waals surface area contributed by atoms with Gasteiger partial charge in [-0.05, 0) is 81.1 Å². The Morgan fingerprint density at radius 3 is 1.96 bits per heavy atom. The number of benzene rings is 8. The Hall–Kier alpha value is -6.12. The van der Waals surface area contributed by atoms with Gasteiger partial charge in [-0.1, -0.05) is 121 Å². The molecule has 0 saturated carbocycles. The van der Waals surface area contributed by atoms with E-state index in [0.29, 0.717) is 0 Å². The van der Waals surface area contributed by atoms with E-state index in [0.717, 1.165) is 17.1 Å². The standard InChI is InChI=1S/C44H27NO/c1-2-13-32(14-3-1)45-40-24-21-30(26-38(40)37-23-20-28-10-4-5-17-35(28)44(37)45)33-15-6-7-16-34(33)31-22-25-41-39(27-31)36-18-8-11-29-12-9-19-42(46-41)43(29)36/h1-27H. The van der Waals surface area contributed by atoms with Crippen LogP contribution in [0.1, 0.15) is 0 Å². The van der Waals surface area contributed by atoms with Crippen molar-refractivity contribution in [2.75, 3.05) is 0 Å². The highest BCUT2D eigenvalue weighted by Gasteiger charge is 2.21. The first-order valence-electron chi connectivity index (χ1n) is 15.8. The summed E-state index contributed by atoms with van der Waals surface area (Å²) in [6.07, 6.45) is 0. The van der Waals surface area contributed by atoms with Crippen molar-refractivity contribution >= 4 is 43.4 Å². The molecule has 0 aliphatic carbocycles. The Morgan fingerprint density at radius 1 is 0.391 bits per heavy atom. The van der Waals surface area contributed by atoms with Crippen molar-refractivity contribution in [3.8, 4) is 50.6 Å². The molecule has 0 bridgehead atoms. The van der Waals surface area contributed by atoms with E-state index in [9.17, 15) is 0 Å². The number of hydrogen-bond donors (Lipinski definition) is 0. The summed E-state index contributed by atoms with van der Waals surface area (Å²) in [6, 6.07) is 59.0. The number of nitrogens with zero attached hydrogens (tertiary/aromatic N) is 1. The van der Waals surface area contributed by atoms with Crippen LogP contribution in [0.5, 0.6) is 11.5 Å². The van der Waals surface area contributed by atoms with Crippen molar-refractivity contribution in [1.29, 1.82) is 0 Å². The minimum absolute atomic E-state index is 0.898. The summed E-state index contributed by atoms with van der Waals surface area (Å²) in [5.41, 5.74) is 10.7. The molecular formula is C44H27NO. The highest BCUT2D eigenvalue weighted by Crippen LogP contribution is 2.48. The second-order valence-electron chi connectivity index (χ2n) is 12.1. The molecule has 0 radical (unpaired) electrons. The molecule has 0 unspecified atom stereocenters. The van der Waals surface area contributed by atoms with E-state index in [1.165, 1.54) is 76.9 Å². The number of fused-ring (bicyclic) bond motifs is 7. The van der Waals surface area contributed by atoms with Crippen LogP contribution in [-0.4, -0.2) is 4.57 Å². The molecule has 2 heterocycles. The average molecular weight is 586 g/mol. The van der Waals surface area contributed by atoms with Crippen molar-refractivity contribution in [3.63, 3.8) is 0 Å². The largest absolute Gasteiger partial charge is 0.456 e. The lowest BCUT2D eigenvalue weighted by molar-refractivity contribution is 0.487. The van der Waals surface area contributed by atoms with Crippen LogP contribution < -0.4 is 4.74 Å². The quantitative estimate of drug-likeness (QED) is 0.201. The van der Waals surface area contributed by atoms with E-state index < -0.39 is 0 Å². The van der Waals surface area contributed by atoms with Gasteiger partial charge in [0.15, 0.2) is 0 Å². The van der Waals surface area contributed by atoms with Gasteiger partial charge in [0, 0.05) is 32.8 Å². The lowest BCUT2D eigenvalue weighted by atomic mass is 9.89. The lowest BCUT2D eigenvalue weighted by Gasteiger charge is -2.22. The summed E-state index contributed by atoms with van der Waals surface area (Å²) < 4.78 is 8.83. The maximum atomic E-state index is 6.41. The predicted octanol–water partition coefficient (Wildman–Crippen LogP) is 12.2. The molecule has 0 saturated heterocycles. The van der Waals surface area contributed by atoms with Crippen LogP contribution in [0.4, 0.5) is 0 Å². The van der Waals surface area contributed by atoms with Crippen LogP contribution in [0.3, 0.4) is 0 Å². The summed E-state index contributed by atoms with van der Waals surface area (Å²) in [5, 5.41) is 7.39. The summed E-state index contributed by atoms with van der Waals surface area (Å²) in [6.45, 7) is 0. The van der Waals surface area contributed by atoms with Crippen molar-refractivity contribution in [1.82, 2.24) is 4.57 Å². The van der Waals surface area contributed by atoms with E-state index in [1.54, 1.807) is 0 Å². The number of ether oxygens (including phenoxy) is 1. The van der Waals surface area contributed by atoms with E-state index in [2.05, 4.69) is 168 Å². The first-order chi connectivity index (χ1) is 22.8. The number of hydrogen-bond acceptors (Lipinski definition) is 1. The monoisotopic (exact) mass is 585 g/mol. The summed E-state index contributed by atoms with van der Waals surface area (Å²) >= 11 is 0. The second kappa shape index (κ2) is 9.69. The summed E-state index contributed by atoms with van der Waals surface area (Å²) in [5.74, 6) is 1.82. The Balaban J connectivity index is 1.18. The Labute approximate surface area is 266 Å². The van der Waals surface area contributed by atoms with Crippen LogP contribution in [0.2, 0.25) is 0 Å². The normalized spacial score (nSPS) is 12.1. The first kappa shape index (κ1) is 25.2. The fourth-order valence-electron chi connectivity index (χ4n) is 7.51. The van der Waals surface area contributed by atoms with Gasteiger partial charge in [0.2, 0.25) is 0 Å². The molecule has 10 rings (SSSR count). The van der Waals surface area contributed by atoms with Gasteiger partial charge in [-0.25, -0.2) is 0 Å². The van der Waals surface area contributed by atoms with Crippen LogP contribution in [-0.2, 0) is 0 Å². The van der Waals surface area contributed by atoms with Gasteiger partial charge < -0.3 is 9.30 Å². The molecule has 9 aromatic rings. The summed E-state index contributed by atoms with van der Waals surface area (Å²) in [4.78, 5) is 0. The zero-order valence-electron chi connectivity index (χ0n) is 24.9. The van der Waals surface area contributed by atoms with Crippen LogP contribution in [0.25, 0.3) is 82.4 Å². The van der Waals surface area contributed by atoms with Gasteiger partial charge >= 0.3 is 0 Å². The van der Waals surface area contributed by atoms with Crippen LogP contribution >= 0.6 is 0 Å². The lowest BCUT2D eigenvalue weighted by Crippen LogP contribution is -1.97. The Morgan fingerprint density at radius 2 is 1.09 bits per heavy atom. The number of aromatic nitrogens is 1. The average Bonchev–Trinajstić information content (AvgIpc) is 3.46. The van der Waals surface area contributed by atoms with Gasteiger partial charge in [-0.3, -0.25) is 0 Å². The molecule has 0 atom stereocenters. The molecule has 0 amide bonds. The number of rotatable bonds is 3. The second-order valence-corrected chi connectivity index (χ2v) is 12.1. The molecule has 1 aliphatic heterocycles. The maximum absolute atomic E-state index is 6.41. The molecule has 0 fully saturated rings. The summed E-state index contributed by atoms with van der Waals surface area (Å²) in [7, 11) is 0. The third-order valence-electron chi connectivity index (χ3n) is 9.57. The highest BCUT2D eigenvalue weighted by molar-refractivity contribution is 6.19. The topological polar surface area (TPSA) is 14.2 Å². The van der Waals surface area contributed by atoms with Gasteiger partial charge in [-0.15, -0.1) is 0 Å². The molecule has 8 aromatic carbocycles. The molecule has 46 heavy (non-hydrogen) atoms. The smallest absolute Gasteiger partial charge is 0.135 e. The molecule has 1 aromatic heterocycles. The van der Waals surface area contributed by atoms with E-state index >= 15 is 0 Å². The fraction of sp³-hybridized carbons (Fsp3) is 0. The van der Waals surface area contributed by atoms with E-state index in [-0.39, 0.29) is 0 Å². The molecule has 2 heteroatoms. The minimum Gasteiger partial charge on any atom is -0.456 e. The van der Waals surface area contributed by atoms with Gasteiger partial charge in [-0.2, -0.15) is 0 Å². The minimum atomic E-state index is 0.898. The molecule has 1 aliphatic rings. The third kappa shape index (κ3) is 3.65. The molecule has 214 valence electrons. The molecule has 0 N–H and O–H groups in total. The molecule has 2 nitrogen and oxygen atoms in total. The van der Waals surface area contributed by atoms with Gasteiger partial charge in [0.1, 0.15) is 11.5 Å². The van der Waals surface area contributed by atoms with Crippen molar-refractivity contribution in [2.45, 2.75) is 0 Å². The zero-order valence-corrected chi connectivity index (χ0v) is 24.9. The predicted molar refractivity (Wildman–Crippen MR) is 192 cm³/mol. The fourth-order valence-corrected chi connectivity index (χ4v) is 7.51. The highest BCUT2D eigenvalue weighted by atomic mass is 16.5. The third-order valence-corrected chi connectivity index (χ3v) is 9.57. The van der Waals surface area contributed by atoms with Gasteiger partial charge in [0.25, 0.3) is 0 Å². The number of para-hydroxylation sites is 1. The van der Waals surface area contributed by atoms with Crippen molar-refractivity contribution < 1.29 is 4.74 Å². The van der Waals surface area contributed by atoms with Crippen molar-refractivity contribution in [2.24, 2.45) is 0 Å². The zero-order chi connectivity index (χ0) is 30.2. The molecule has 0 spiro atoms. The van der Waals surface area contributed by atoms with E-state index in [4.69, 9.17) is 4.74 Å². The van der Waals surface area contributed by atoms with Crippen molar-refractivity contribution in [3.05, 3.63) is 164 Å². The van der Waals surface area contributed by atoms with Gasteiger partial charge in [0.05, 0.1) is 11.0 Å². The van der Waals surface area contributed by atoms with Crippen LogP contribution in [0, 0.1) is 0 Å². The van der Waals surface area contributed by atoms with Crippen LogP contribution in [0.15, 0.2) is 164 Å². The molecular weight excluding hydrogens is 558 g/mol. The maximum Gasteiger partial charge on any atom is 0.135 e. The Bertz CT molecular complexity index is 2660. The first-order valence-corrected chi connectivity index (χ1v) is 15.8. The SMILES string of the molecule is c1ccc(-n2c3ccc(-c4ccccc4-c4ccc5c(c4)-c4cccc6cccc(c46)O5)cc3c3ccc4ccccc4c32)cc1.